The molecule has 1 amide bonds. The lowest BCUT2D eigenvalue weighted by Gasteiger charge is -2.19. The van der Waals surface area contributed by atoms with Crippen LogP contribution in [0.1, 0.15) is 32.7 Å². The smallest absolute Gasteiger partial charge is 0.234 e. The van der Waals surface area contributed by atoms with Gasteiger partial charge < -0.3 is 19.4 Å². The molecule has 0 saturated carbocycles. The number of ether oxygens (including phenoxy) is 2. The lowest BCUT2D eigenvalue weighted by Crippen LogP contribution is -2.17. The van der Waals surface area contributed by atoms with Crippen LogP contribution in [0.5, 0.6) is 11.5 Å². The Balaban J connectivity index is 1.72. The summed E-state index contributed by atoms with van der Waals surface area (Å²) in [4.78, 5) is 12.4. The molecular formula is C23H27ClN4O3S. The zero-order chi connectivity index (χ0) is 23.1. The van der Waals surface area contributed by atoms with Crippen LogP contribution >= 0.6 is 23.4 Å². The Labute approximate surface area is 197 Å². The topological polar surface area (TPSA) is 78.3 Å². The molecule has 1 unspecified atom stereocenters. The van der Waals surface area contributed by atoms with Crippen LogP contribution in [0.3, 0.4) is 0 Å². The van der Waals surface area contributed by atoms with Crippen molar-refractivity contribution in [3.8, 4) is 11.5 Å². The molecule has 1 atom stereocenters. The number of aromatic nitrogens is 3. The van der Waals surface area contributed by atoms with E-state index < -0.39 is 0 Å². The summed E-state index contributed by atoms with van der Waals surface area (Å²) in [7, 11) is 1.61. The van der Waals surface area contributed by atoms with Gasteiger partial charge in [-0.1, -0.05) is 55.4 Å². The average molecular weight is 475 g/mol. The molecule has 9 heteroatoms. The van der Waals surface area contributed by atoms with Crippen LogP contribution in [0.4, 0.5) is 5.69 Å². The number of hydrogen-bond donors (Lipinski definition) is 1. The average Bonchev–Trinajstić information content (AvgIpc) is 3.14. The van der Waals surface area contributed by atoms with E-state index in [1.807, 2.05) is 35.8 Å². The number of anilines is 1. The maximum Gasteiger partial charge on any atom is 0.234 e. The van der Waals surface area contributed by atoms with Gasteiger partial charge in [-0.15, -0.1) is 10.2 Å². The molecule has 0 aliphatic heterocycles. The van der Waals surface area contributed by atoms with Gasteiger partial charge in [0.15, 0.2) is 28.6 Å². The highest BCUT2D eigenvalue weighted by atomic mass is 35.5. The van der Waals surface area contributed by atoms with Crippen molar-refractivity contribution >= 4 is 35.0 Å². The minimum absolute atomic E-state index is 0.142. The number of benzene rings is 2. The lowest BCUT2D eigenvalue weighted by atomic mass is 10.2. The number of nitrogens with zero attached hydrogens (tertiary/aromatic N) is 3. The molecule has 0 radical (unpaired) electrons. The Morgan fingerprint density at radius 3 is 2.56 bits per heavy atom. The number of methoxy groups -OCH3 is 1. The van der Waals surface area contributed by atoms with Crippen LogP contribution in [-0.2, 0) is 11.3 Å². The Hall–Kier alpha value is -2.71. The molecule has 1 heterocycles. The van der Waals surface area contributed by atoms with Crippen molar-refractivity contribution in [1.82, 2.24) is 14.8 Å². The highest BCUT2D eigenvalue weighted by Gasteiger charge is 2.22. The summed E-state index contributed by atoms with van der Waals surface area (Å²) in [5.41, 5.74) is 0.659. The summed E-state index contributed by atoms with van der Waals surface area (Å²) < 4.78 is 13.5. The van der Waals surface area contributed by atoms with Crippen LogP contribution in [0.25, 0.3) is 0 Å². The molecule has 32 heavy (non-hydrogen) atoms. The van der Waals surface area contributed by atoms with E-state index in [0.717, 1.165) is 0 Å². The Bertz CT molecular complexity index is 1060. The van der Waals surface area contributed by atoms with Crippen LogP contribution in [0.2, 0.25) is 5.02 Å². The van der Waals surface area contributed by atoms with Crippen molar-refractivity contribution in [2.24, 2.45) is 5.92 Å². The van der Waals surface area contributed by atoms with Crippen LogP contribution in [0.15, 0.2) is 53.7 Å². The summed E-state index contributed by atoms with van der Waals surface area (Å²) in [6, 6.07) is 14.5. The van der Waals surface area contributed by atoms with Gasteiger partial charge in [-0.05, 0) is 43.2 Å². The SMILES string of the molecule is COc1ccccc1OC(C)c1nnc(SCC(=O)Nc2cccc(Cl)c2)n1CC(C)C. The monoisotopic (exact) mass is 474 g/mol. The summed E-state index contributed by atoms with van der Waals surface area (Å²) in [5, 5.41) is 12.8. The largest absolute Gasteiger partial charge is 0.493 e. The van der Waals surface area contributed by atoms with Gasteiger partial charge in [0.1, 0.15) is 0 Å². The third-order valence-electron chi connectivity index (χ3n) is 4.47. The third-order valence-corrected chi connectivity index (χ3v) is 5.67. The van der Waals surface area contributed by atoms with Crippen molar-refractivity contribution in [2.45, 2.75) is 38.6 Å². The van der Waals surface area contributed by atoms with E-state index in [9.17, 15) is 4.79 Å². The second-order valence-corrected chi connectivity index (χ2v) is 8.98. The molecule has 3 rings (SSSR count). The van der Waals surface area contributed by atoms with Gasteiger partial charge in [0.2, 0.25) is 5.91 Å². The fourth-order valence-electron chi connectivity index (χ4n) is 3.10. The molecule has 1 aromatic heterocycles. The first kappa shape index (κ1) is 23.9. The Kier molecular flexibility index (Phi) is 8.41. The second-order valence-electron chi connectivity index (χ2n) is 7.60. The number of amides is 1. The van der Waals surface area contributed by atoms with E-state index in [2.05, 4.69) is 29.4 Å². The predicted octanol–water partition coefficient (Wildman–Crippen LogP) is 5.47. The number of nitrogens with one attached hydrogen (secondary N) is 1. The number of hydrogen-bond acceptors (Lipinski definition) is 6. The van der Waals surface area contributed by atoms with E-state index >= 15 is 0 Å². The van der Waals surface area contributed by atoms with Gasteiger partial charge in [-0.3, -0.25) is 4.79 Å². The summed E-state index contributed by atoms with van der Waals surface area (Å²) in [6.45, 7) is 6.87. The highest BCUT2D eigenvalue weighted by Crippen LogP contribution is 2.31. The lowest BCUT2D eigenvalue weighted by molar-refractivity contribution is -0.113. The van der Waals surface area contributed by atoms with Crippen molar-refractivity contribution in [1.29, 1.82) is 0 Å². The number of halogens is 1. The first-order chi connectivity index (χ1) is 15.4. The number of para-hydroxylation sites is 2. The van der Waals surface area contributed by atoms with E-state index in [1.54, 1.807) is 31.4 Å². The van der Waals surface area contributed by atoms with Crippen molar-refractivity contribution in [3.63, 3.8) is 0 Å². The Morgan fingerprint density at radius 2 is 1.88 bits per heavy atom. The minimum atomic E-state index is -0.354. The molecule has 7 nitrogen and oxygen atoms in total. The zero-order valence-corrected chi connectivity index (χ0v) is 20.1. The van der Waals surface area contributed by atoms with Crippen molar-refractivity contribution in [3.05, 3.63) is 59.4 Å². The molecule has 0 aliphatic carbocycles. The fraction of sp³-hybridized carbons (Fsp3) is 0.348. The van der Waals surface area contributed by atoms with Crippen molar-refractivity contribution < 1.29 is 14.3 Å². The molecule has 3 aromatic rings. The van der Waals surface area contributed by atoms with Gasteiger partial charge in [0.25, 0.3) is 0 Å². The van der Waals surface area contributed by atoms with E-state index in [-0.39, 0.29) is 17.8 Å². The Morgan fingerprint density at radius 1 is 1.12 bits per heavy atom. The van der Waals surface area contributed by atoms with Gasteiger partial charge in [-0.2, -0.15) is 0 Å². The summed E-state index contributed by atoms with van der Waals surface area (Å²) >= 11 is 7.32. The number of carbonyl (C=O) groups is 1. The number of rotatable bonds is 10. The van der Waals surface area contributed by atoms with Crippen LogP contribution < -0.4 is 14.8 Å². The molecule has 2 aromatic carbocycles. The first-order valence-corrected chi connectivity index (χ1v) is 11.6. The molecule has 0 aliphatic rings. The fourth-order valence-corrected chi connectivity index (χ4v) is 4.04. The normalized spacial score (nSPS) is 11.9. The second kappa shape index (κ2) is 11.2. The van der Waals surface area contributed by atoms with Gasteiger partial charge in [0.05, 0.1) is 12.9 Å². The molecule has 1 N–H and O–H groups in total. The molecule has 0 saturated heterocycles. The number of thioether (sulfide) groups is 1. The van der Waals surface area contributed by atoms with Crippen molar-refractivity contribution in [2.75, 3.05) is 18.2 Å². The first-order valence-electron chi connectivity index (χ1n) is 10.3. The maximum atomic E-state index is 12.4. The quantitative estimate of drug-likeness (QED) is 0.393. The predicted molar refractivity (Wildman–Crippen MR) is 128 cm³/mol. The van der Waals surface area contributed by atoms with Crippen LogP contribution in [0, 0.1) is 5.92 Å². The van der Waals surface area contributed by atoms with Gasteiger partial charge >= 0.3 is 0 Å². The molecule has 0 bridgehead atoms. The third kappa shape index (κ3) is 6.40. The van der Waals surface area contributed by atoms with Gasteiger partial charge in [-0.25, -0.2) is 0 Å². The molecule has 0 spiro atoms. The summed E-state index contributed by atoms with van der Waals surface area (Å²) in [5.74, 6) is 2.41. The standard InChI is InChI=1S/C23H27ClN4O3S/c1-15(2)13-28-22(16(3)31-20-11-6-5-10-19(20)30-4)26-27-23(28)32-14-21(29)25-18-9-7-8-17(24)12-18/h5-12,15-16H,13-14H2,1-4H3,(H,25,29). The van der Waals surface area contributed by atoms with E-state index in [0.29, 0.717) is 45.7 Å². The van der Waals surface area contributed by atoms with Gasteiger partial charge in [0, 0.05) is 17.3 Å². The van der Waals surface area contributed by atoms with E-state index in [4.69, 9.17) is 21.1 Å². The van der Waals surface area contributed by atoms with Crippen LogP contribution in [-0.4, -0.2) is 33.5 Å². The highest BCUT2D eigenvalue weighted by molar-refractivity contribution is 7.99. The minimum Gasteiger partial charge on any atom is -0.493 e. The zero-order valence-electron chi connectivity index (χ0n) is 18.5. The molecule has 0 fully saturated rings. The summed E-state index contributed by atoms with van der Waals surface area (Å²) in [6.07, 6.45) is -0.354. The number of carbonyl (C=O) groups excluding carboxylic acids is 1. The molecular weight excluding hydrogens is 448 g/mol. The van der Waals surface area contributed by atoms with E-state index in [1.165, 1.54) is 11.8 Å². The maximum absolute atomic E-state index is 12.4. The molecule has 170 valence electrons.